The quantitative estimate of drug-likeness (QED) is 0.642. The first-order valence-electron chi connectivity index (χ1n) is 6.07. The number of aromatic nitrogens is 1. The third-order valence-corrected chi connectivity index (χ3v) is 4.75. The maximum absolute atomic E-state index is 12.9. The van der Waals surface area contributed by atoms with Gasteiger partial charge in [-0.05, 0) is 29.8 Å². The first-order valence-corrected chi connectivity index (χ1v) is 7.51. The summed E-state index contributed by atoms with van der Waals surface area (Å²) < 4.78 is 39.0. The van der Waals surface area contributed by atoms with Crippen LogP contribution in [0.3, 0.4) is 0 Å². The Kier molecular flexibility index (Phi) is 4.51. The number of hydrogen-bond donors (Lipinski definition) is 2. The van der Waals surface area contributed by atoms with E-state index in [1.54, 1.807) is 0 Å². The molecule has 0 fully saturated rings. The van der Waals surface area contributed by atoms with Crippen LogP contribution in [-0.2, 0) is 16.6 Å². The van der Waals surface area contributed by atoms with Crippen molar-refractivity contribution in [3.63, 3.8) is 0 Å². The summed E-state index contributed by atoms with van der Waals surface area (Å²) in [5, 5.41) is 0. The molecule has 2 rings (SSSR count). The molecular weight excluding hydrogens is 295 g/mol. The van der Waals surface area contributed by atoms with Crippen molar-refractivity contribution in [3.05, 3.63) is 54.0 Å². The van der Waals surface area contributed by atoms with Gasteiger partial charge in [0.25, 0.3) is 0 Å². The fourth-order valence-corrected chi connectivity index (χ4v) is 3.07. The van der Waals surface area contributed by atoms with Crippen molar-refractivity contribution < 1.29 is 12.8 Å². The van der Waals surface area contributed by atoms with Gasteiger partial charge < -0.3 is 5.43 Å². The minimum Gasteiger partial charge on any atom is -0.307 e. The third-order valence-electron chi connectivity index (χ3n) is 2.91. The number of hydrogen-bond acceptors (Lipinski definition) is 5. The predicted octanol–water partition coefficient (Wildman–Crippen LogP) is 1.33. The first kappa shape index (κ1) is 15.4. The van der Waals surface area contributed by atoms with Gasteiger partial charge in [0.2, 0.25) is 10.0 Å². The zero-order chi connectivity index (χ0) is 15.5. The Morgan fingerprint density at radius 2 is 1.95 bits per heavy atom. The molecular formula is C13H15FN4O2S. The number of hydrazine groups is 1. The molecule has 2 aromatic rings. The summed E-state index contributed by atoms with van der Waals surface area (Å²) in [6, 6.07) is 8.57. The average Bonchev–Trinajstić information content (AvgIpc) is 2.49. The van der Waals surface area contributed by atoms with Crippen LogP contribution >= 0.6 is 0 Å². The first-order chi connectivity index (χ1) is 9.95. The second-order valence-electron chi connectivity index (χ2n) is 4.38. The highest BCUT2D eigenvalue weighted by molar-refractivity contribution is 7.89. The van der Waals surface area contributed by atoms with Gasteiger partial charge in [-0.2, -0.15) is 4.31 Å². The number of nitrogen functional groups attached to an aromatic ring is 1. The van der Waals surface area contributed by atoms with E-state index in [9.17, 15) is 12.8 Å². The van der Waals surface area contributed by atoms with Crippen LogP contribution in [0.2, 0.25) is 0 Å². The van der Waals surface area contributed by atoms with Gasteiger partial charge in [-0.25, -0.2) is 23.6 Å². The lowest BCUT2D eigenvalue weighted by Crippen LogP contribution is -2.28. The Balaban J connectivity index is 2.28. The number of halogens is 1. The Hall–Kier alpha value is -2.03. The molecule has 21 heavy (non-hydrogen) atoms. The van der Waals surface area contributed by atoms with Crippen LogP contribution in [0.1, 0.15) is 5.56 Å². The van der Waals surface area contributed by atoms with Crippen LogP contribution in [0.5, 0.6) is 0 Å². The summed E-state index contributed by atoms with van der Waals surface area (Å²) >= 11 is 0. The van der Waals surface area contributed by atoms with E-state index < -0.39 is 10.0 Å². The zero-order valence-electron chi connectivity index (χ0n) is 11.3. The number of nitrogens with two attached hydrogens (primary N) is 1. The molecule has 0 aliphatic heterocycles. The largest absolute Gasteiger partial charge is 0.307 e. The molecule has 0 bridgehead atoms. The van der Waals surface area contributed by atoms with Gasteiger partial charge in [0.15, 0.2) is 5.82 Å². The Labute approximate surface area is 122 Å². The smallest absolute Gasteiger partial charge is 0.246 e. The Bertz CT molecular complexity index is 719. The lowest BCUT2D eigenvalue weighted by molar-refractivity contribution is 0.466. The lowest BCUT2D eigenvalue weighted by atomic mass is 10.2. The van der Waals surface area contributed by atoms with E-state index in [1.165, 1.54) is 49.6 Å². The topological polar surface area (TPSA) is 88.3 Å². The summed E-state index contributed by atoms with van der Waals surface area (Å²) in [5.74, 6) is 4.98. The molecule has 0 saturated heterocycles. The van der Waals surface area contributed by atoms with Gasteiger partial charge >= 0.3 is 0 Å². The fourth-order valence-electron chi connectivity index (χ4n) is 1.81. The average molecular weight is 310 g/mol. The summed E-state index contributed by atoms with van der Waals surface area (Å²) in [4.78, 5) is 3.86. The standard InChI is InChI=1S/C13H15FN4O2S/c1-18(9-10-4-6-11(14)7-5-10)21(19,20)12-3-2-8-16-13(12)17-15/h2-8H,9,15H2,1H3,(H,16,17). The summed E-state index contributed by atoms with van der Waals surface area (Å²) in [5.41, 5.74) is 2.94. The third kappa shape index (κ3) is 3.35. The molecule has 1 heterocycles. The second-order valence-corrected chi connectivity index (χ2v) is 6.40. The number of nitrogens with zero attached hydrogens (tertiary/aromatic N) is 2. The van der Waals surface area contributed by atoms with E-state index in [2.05, 4.69) is 10.4 Å². The second kappa shape index (κ2) is 6.17. The van der Waals surface area contributed by atoms with Crippen molar-refractivity contribution in [3.8, 4) is 0 Å². The summed E-state index contributed by atoms with van der Waals surface area (Å²) in [6.07, 6.45) is 1.44. The van der Waals surface area contributed by atoms with Gasteiger partial charge in [0, 0.05) is 19.8 Å². The monoisotopic (exact) mass is 310 g/mol. The number of benzene rings is 1. The maximum atomic E-state index is 12.9. The molecule has 3 N–H and O–H groups in total. The summed E-state index contributed by atoms with van der Waals surface area (Å²) in [6.45, 7) is 0.113. The molecule has 0 radical (unpaired) electrons. The Morgan fingerprint density at radius 1 is 1.29 bits per heavy atom. The van der Waals surface area contributed by atoms with E-state index in [-0.39, 0.29) is 23.1 Å². The van der Waals surface area contributed by atoms with E-state index in [1.807, 2.05) is 0 Å². The number of rotatable bonds is 5. The van der Waals surface area contributed by atoms with Crippen molar-refractivity contribution in [1.82, 2.24) is 9.29 Å². The maximum Gasteiger partial charge on any atom is 0.246 e. The van der Waals surface area contributed by atoms with Crippen LogP contribution in [0.25, 0.3) is 0 Å². The van der Waals surface area contributed by atoms with Gasteiger partial charge in [0.05, 0.1) is 0 Å². The minimum atomic E-state index is -3.76. The highest BCUT2D eigenvalue weighted by Crippen LogP contribution is 2.22. The summed E-state index contributed by atoms with van der Waals surface area (Å²) in [7, 11) is -2.32. The van der Waals surface area contributed by atoms with E-state index in [0.29, 0.717) is 5.56 Å². The number of sulfonamides is 1. The van der Waals surface area contributed by atoms with E-state index in [4.69, 9.17) is 5.84 Å². The van der Waals surface area contributed by atoms with Crippen LogP contribution in [0.4, 0.5) is 10.2 Å². The molecule has 0 saturated carbocycles. The highest BCUT2D eigenvalue weighted by atomic mass is 32.2. The van der Waals surface area contributed by atoms with Crippen molar-refractivity contribution in [2.24, 2.45) is 5.84 Å². The van der Waals surface area contributed by atoms with Crippen LogP contribution in [-0.4, -0.2) is 24.8 Å². The zero-order valence-corrected chi connectivity index (χ0v) is 12.1. The Morgan fingerprint density at radius 3 is 2.57 bits per heavy atom. The molecule has 1 aromatic heterocycles. The van der Waals surface area contributed by atoms with Gasteiger partial charge in [-0.3, -0.25) is 0 Å². The van der Waals surface area contributed by atoms with E-state index >= 15 is 0 Å². The van der Waals surface area contributed by atoms with Crippen molar-refractivity contribution in [1.29, 1.82) is 0 Å². The molecule has 0 aliphatic carbocycles. The highest BCUT2D eigenvalue weighted by Gasteiger charge is 2.24. The normalized spacial score (nSPS) is 11.6. The molecule has 6 nitrogen and oxygen atoms in total. The molecule has 0 aliphatic rings. The minimum absolute atomic E-state index is 0.0166. The van der Waals surface area contributed by atoms with Gasteiger partial charge in [0.1, 0.15) is 10.7 Å². The SMILES string of the molecule is CN(Cc1ccc(F)cc1)S(=O)(=O)c1cccnc1NN. The molecule has 0 amide bonds. The molecule has 0 spiro atoms. The molecule has 112 valence electrons. The van der Waals surface area contributed by atoms with Gasteiger partial charge in [-0.15, -0.1) is 0 Å². The number of anilines is 1. The number of nitrogens with one attached hydrogen (secondary N) is 1. The molecule has 8 heteroatoms. The van der Waals surface area contributed by atoms with Gasteiger partial charge in [-0.1, -0.05) is 12.1 Å². The predicted molar refractivity (Wildman–Crippen MR) is 77.1 cm³/mol. The van der Waals surface area contributed by atoms with Crippen LogP contribution < -0.4 is 11.3 Å². The van der Waals surface area contributed by atoms with Crippen molar-refractivity contribution in [2.75, 3.05) is 12.5 Å². The van der Waals surface area contributed by atoms with Crippen molar-refractivity contribution in [2.45, 2.75) is 11.4 Å². The molecule has 0 unspecified atom stereocenters. The molecule has 1 aromatic carbocycles. The molecule has 0 atom stereocenters. The van der Waals surface area contributed by atoms with Crippen LogP contribution in [0.15, 0.2) is 47.5 Å². The lowest BCUT2D eigenvalue weighted by Gasteiger charge is -2.18. The fraction of sp³-hybridized carbons (Fsp3) is 0.154. The van der Waals surface area contributed by atoms with Crippen LogP contribution in [0, 0.1) is 5.82 Å². The van der Waals surface area contributed by atoms with Crippen molar-refractivity contribution >= 4 is 15.8 Å². The number of pyridine rings is 1. The van der Waals surface area contributed by atoms with E-state index in [0.717, 1.165) is 4.31 Å².